The minimum atomic E-state index is -1.09. The van der Waals surface area contributed by atoms with Crippen LogP contribution in [0, 0.1) is 17.3 Å². The largest absolute Gasteiger partial charge is 0.368 e. The second-order valence-corrected chi connectivity index (χ2v) is 10.6. The van der Waals surface area contributed by atoms with Gasteiger partial charge in [-0.15, -0.1) is 6.58 Å². The van der Waals surface area contributed by atoms with Crippen LogP contribution in [0.2, 0.25) is 0 Å². The van der Waals surface area contributed by atoms with E-state index < -0.39 is 28.8 Å². The Bertz CT molecular complexity index is 783. The summed E-state index contributed by atoms with van der Waals surface area (Å²) in [6.07, 6.45) is 6.59. The lowest BCUT2D eigenvalue weighted by Gasteiger charge is -2.36. The first-order valence-electron chi connectivity index (χ1n) is 11.8. The first-order valence-corrected chi connectivity index (χ1v) is 11.8. The maximum Gasteiger partial charge on any atom is 0.243 e. The van der Waals surface area contributed by atoms with E-state index in [-0.39, 0.29) is 30.1 Å². The van der Waals surface area contributed by atoms with Gasteiger partial charge in [0.25, 0.3) is 0 Å². The van der Waals surface area contributed by atoms with Gasteiger partial charge in [0.2, 0.25) is 23.6 Å². The smallest absolute Gasteiger partial charge is 0.243 e. The van der Waals surface area contributed by atoms with Gasteiger partial charge in [0.1, 0.15) is 11.6 Å². The monoisotopic (exact) mass is 446 g/mol. The highest BCUT2D eigenvalue weighted by atomic mass is 16.2. The van der Waals surface area contributed by atoms with Crippen LogP contribution in [-0.2, 0) is 19.2 Å². The van der Waals surface area contributed by atoms with Crippen molar-refractivity contribution in [2.75, 3.05) is 19.6 Å². The molecule has 2 aliphatic heterocycles. The molecule has 3 N–H and O–H groups in total. The van der Waals surface area contributed by atoms with Crippen LogP contribution >= 0.6 is 0 Å². The molecule has 0 aromatic heterocycles. The normalized spacial score (nSPS) is 28.7. The lowest BCUT2D eigenvalue weighted by molar-refractivity contribution is -0.148. The fraction of sp³-hybridized carbons (Fsp3) is 0.750. The Morgan fingerprint density at radius 3 is 2.31 bits per heavy atom. The van der Waals surface area contributed by atoms with Crippen LogP contribution < -0.4 is 11.1 Å². The molecule has 32 heavy (non-hydrogen) atoms. The molecule has 0 aromatic rings. The van der Waals surface area contributed by atoms with Crippen LogP contribution in [0.1, 0.15) is 65.7 Å². The van der Waals surface area contributed by atoms with Gasteiger partial charge in [-0.3, -0.25) is 19.2 Å². The van der Waals surface area contributed by atoms with Crippen molar-refractivity contribution >= 4 is 23.6 Å². The summed E-state index contributed by atoms with van der Waals surface area (Å²) < 4.78 is 0. The number of piperidine rings is 1. The molecule has 2 saturated heterocycles. The minimum absolute atomic E-state index is 0.0117. The Morgan fingerprint density at radius 1 is 1.12 bits per heavy atom. The zero-order chi connectivity index (χ0) is 23.7. The highest BCUT2D eigenvalue weighted by molar-refractivity contribution is 5.97. The number of likely N-dealkylation sites (tertiary alicyclic amines) is 2. The molecular weight excluding hydrogens is 408 g/mol. The molecule has 0 aromatic carbocycles. The quantitative estimate of drug-likeness (QED) is 0.578. The molecule has 0 radical (unpaired) electrons. The van der Waals surface area contributed by atoms with E-state index in [2.05, 4.69) is 11.9 Å². The second-order valence-electron chi connectivity index (χ2n) is 10.6. The van der Waals surface area contributed by atoms with Crippen molar-refractivity contribution in [3.63, 3.8) is 0 Å². The van der Waals surface area contributed by atoms with Gasteiger partial charge < -0.3 is 20.9 Å². The van der Waals surface area contributed by atoms with Crippen molar-refractivity contribution in [3.8, 4) is 0 Å². The van der Waals surface area contributed by atoms with Crippen LogP contribution in [0.25, 0.3) is 0 Å². The van der Waals surface area contributed by atoms with E-state index in [1.54, 1.807) is 11.0 Å². The van der Waals surface area contributed by atoms with Gasteiger partial charge in [0, 0.05) is 32.0 Å². The maximum atomic E-state index is 13.6. The minimum Gasteiger partial charge on any atom is -0.368 e. The summed E-state index contributed by atoms with van der Waals surface area (Å²) in [5.41, 5.74) is 4.03. The van der Waals surface area contributed by atoms with E-state index in [9.17, 15) is 19.2 Å². The lowest BCUT2D eigenvalue weighted by atomic mass is 9.77. The number of hydrogen-bond acceptors (Lipinski definition) is 4. The molecule has 1 unspecified atom stereocenters. The van der Waals surface area contributed by atoms with Gasteiger partial charge in [0.05, 0.1) is 5.92 Å². The van der Waals surface area contributed by atoms with Crippen molar-refractivity contribution in [1.29, 1.82) is 0 Å². The number of nitrogens with zero attached hydrogens (tertiary/aromatic N) is 2. The van der Waals surface area contributed by atoms with Crippen molar-refractivity contribution < 1.29 is 19.2 Å². The number of amides is 4. The molecule has 8 heteroatoms. The van der Waals surface area contributed by atoms with E-state index in [0.717, 1.165) is 32.4 Å². The third-order valence-corrected chi connectivity index (χ3v) is 7.35. The predicted molar refractivity (Wildman–Crippen MR) is 121 cm³/mol. The summed E-state index contributed by atoms with van der Waals surface area (Å²) in [6, 6.07) is -0.653. The van der Waals surface area contributed by atoms with E-state index in [0.29, 0.717) is 25.8 Å². The van der Waals surface area contributed by atoms with Crippen LogP contribution in [-0.4, -0.2) is 64.6 Å². The molecule has 2 heterocycles. The Balaban J connectivity index is 1.72. The number of hydrogen-bond donors (Lipinski definition) is 2. The average Bonchev–Trinajstić information content (AvgIpc) is 3.24. The Labute approximate surface area is 190 Å². The SMILES string of the molecule is C=CC1C[C@]1(NC(=O)[C@@H]1CCCN1C(=O)[C@@H](CC(=O)N1CCCCC1)C(C)(C)C)C(N)=O. The number of carbonyl (C=O) groups is 4. The van der Waals surface area contributed by atoms with Crippen LogP contribution in [0.5, 0.6) is 0 Å². The van der Waals surface area contributed by atoms with Crippen molar-refractivity contribution in [2.45, 2.75) is 77.3 Å². The molecule has 4 amide bonds. The lowest BCUT2D eigenvalue weighted by Crippen LogP contribution is -2.56. The topological polar surface area (TPSA) is 113 Å². The van der Waals surface area contributed by atoms with E-state index in [1.165, 1.54) is 0 Å². The molecule has 0 spiro atoms. The molecule has 8 nitrogen and oxygen atoms in total. The molecule has 1 aliphatic carbocycles. The number of rotatable bonds is 7. The van der Waals surface area contributed by atoms with Gasteiger partial charge in [-0.05, 0) is 43.9 Å². The second kappa shape index (κ2) is 9.24. The fourth-order valence-electron chi connectivity index (χ4n) is 5.08. The van der Waals surface area contributed by atoms with Gasteiger partial charge >= 0.3 is 0 Å². The maximum absolute atomic E-state index is 13.6. The first kappa shape index (κ1) is 24.3. The third kappa shape index (κ3) is 4.84. The number of primary amides is 1. The summed E-state index contributed by atoms with van der Waals surface area (Å²) in [5.74, 6) is -1.78. The molecule has 3 aliphatic rings. The van der Waals surface area contributed by atoms with Crippen molar-refractivity contribution in [1.82, 2.24) is 15.1 Å². The molecule has 178 valence electrons. The zero-order valence-corrected chi connectivity index (χ0v) is 19.7. The summed E-state index contributed by atoms with van der Waals surface area (Å²) in [5, 5.41) is 2.81. The Kier molecular flexibility index (Phi) is 7.00. The standard InChI is InChI=1S/C24H38N4O4/c1-5-16-15-24(16,22(25)32)26-20(30)18-10-9-13-28(18)21(31)17(23(2,3)4)14-19(29)27-11-7-6-8-12-27/h5,16-18H,1,6-15H2,2-4H3,(H2,25,32)(H,26,30)/t16?,17-,18+,24-/m1/s1. The van der Waals surface area contributed by atoms with Crippen molar-refractivity contribution in [2.24, 2.45) is 23.0 Å². The number of nitrogens with one attached hydrogen (secondary N) is 1. The van der Waals surface area contributed by atoms with Crippen LogP contribution in [0.15, 0.2) is 12.7 Å². The summed E-state index contributed by atoms with van der Waals surface area (Å²) in [4.78, 5) is 55.1. The summed E-state index contributed by atoms with van der Waals surface area (Å²) in [7, 11) is 0. The highest BCUT2D eigenvalue weighted by Crippen LogP contribution is 2.44. The predicted octanol–water partition coefficient (Wildman–Crippen LogP) is 1.59. The van der Waals surface area contributed by atoms with Gasteiger partial charge in [-0.25, -0.2) is 0 Å². The van der Waals surface area contributed by atoms with Crippen molar-refractivity contribution in [3.05, 3.63) is 12.7 Å². The van der Waals surface area contributed by atoms with Crippen LogP contribution in [0.3, 0.4) is 0 Å². The van der Waals surface area contributed by atoms with E-state index in [4.69, 9.17) is 5.73 Å². The van der Waals surface area contributed by atoms with E-state index >= 15 is 0 Å². The fourth-order valence-corrected chi connectivity index (χ4v) is 5.08. The van der Waals surface area contributed by atoms with Crippen LogP contribution in [0.4, 0.5) is 0 Å². The molecule has 0 bridgehead atoms. The Hall–Kier alpha value is -2.38. The number of carbonyl (C=O) groups excluding carboxylic acids is 4. The van der Waals surface area contributed by atoms with Gasteiger partial charge in [-0.1, -0.05) is 26.8 Å². The summed E-state index contributed by atoms with van der Waals surface area (Å²) >= 11 is 0. The molecule has 3 fully saturated rings. The molecule has 3 rings (SSSR count). The number of nitrogens with two attached hydrogens (primary N) is 1. The molecule has 4 atom stereocenters. The third-order valence-electron chi connectivity index (χ3n) is 7.35. The summed E-state index contributed by atoms with van der Waals surface area (Å²) in [6.45, 7) is 11.6. The first-order chi connectivity index (χ1) is 15.0. The van der Waals surface area contributed by atoms with Gasteiger partial charge in [0.15, 0.2) is 0 Å². The van der Waals surface area contributed by atoms with E-state index in [1.807, 2.05) is 25.7 Å². The van der Waals surface area contributed by atoms with Gasteiger partial charge in [-0.2, -0.15) is 0 Å². The highest BCUT2D eigenvalue weighted by Gasteiger charge is 2.59. The molecule has 1 saturated carbocycles. The Morgan fingerprint density at radius 2 is 1.78 bits per heavy atom. The molecular formula is C24H38N4O4. The average molecular weight is 447 g/mol. The zero-order valence-electron chi connectivity index (χ0n) is 19.7.